The number of methoxy groups -OCH3 is 1. The Bertz CT molecular complexity index is 1230. The van der Waals surface area contributed by atoms with Gasteiger partial charge in [-0.25, -0.2) is 0 Å². The summed E-state index contributed by atoms with van der Waals surface area (Å²) in [7, 11) is 1.52. The molecule has 2 aromatic carbocycles. The Hall–Kier alpha value is -4.16. The largest absolute Gasteiger partial charge is 0.493 e. The summed E-state index contributed by atoms with van der Waals surface area (Å²) in [6, 6.07) is 14.8. The molecule has 34 heavy (non-hydrogen) atoms. The van der Waals surface area contributed by atoms with Crippen molar-refractivity contribution < 1.29 is 19.0 Å². The van der Waals surface area contributed by atoms with Crippen molar-refractivity contribution in [3.05, 3.63) is 76.8 Å². The van der Waals surface area contributed by atoms with Gasteiger partial charge in [-0.05, 0) is 48.7 Å². The molecule has 0 radical (unpaired) electrons. The molecule has 0 atom stereocenters. The lowest BCUT2D eigenvalue weighted by Gasteiger charge is -2.13. The lowest BCUT2D eigenvalue weighted by atomic mass is 10.1. The van der Waals surface area contributed by atoms with E-state index in [0.717, 1.165) is 17.7 Å². The van der Waals surface area contributed by atoms with Crippen molar-refractivity contribution in [2.45, 2.75) is 13.3 Å². The van der Waals surface area contributed by atoms with Crippen LogP contribution in [0.5, 0.6) is 17.2 Å². The van der Waals surface area contributed by atoms with E-state index in [1.807, 2.05) is 36.4 Å². The highest BCUT2D eigenvalue weighted by atomic mass is 32.1. The average Bonchev–Trinajstić information content (AvgIpc) is 3.26. The Morgan fingerprint density at radius 1 is 1.15 bits per heavy atom. The highest BCUT2D eigenvalue weighted by Crippen LogP contribution is 2.29. The van der Waals surface area contributed by atoms with E-state index in [0.29, 0.717) is 40.4 Å². The van der Waals surface area contributed by atoms with Crippen molar-refractivity contribution in [3.63, 3.8) is 0 Å². The molecule has 0 unspecified atom stereocenters. The predicted octanol–water partition coefficient (Wildman–Crippen LogP) is 4.59. The van der Waals surface area contributed by atoms with Gasteiger partial charge in [0.15, 0.2) is 11.5 Å². The van der Waals surface area contributed by atoms with Crippen LogP contribution >= 0.6 is 11.3 Å². The number of ether oxygens (including phenoxy) is 3. The SMILES string of the molecule is C=CCc1ccccc1OCCOc1ccc(C=C(C#N)C(=O)Nc2nnc(C)s2)cc1OC. The van der Waals surface area contributed by atoms with Gasteiger partial charge in [0.1, 0.15) is 35.6 Å². The van der Waals surface area contributed by atoms with Crippen LogP contribution in [-0.4, -0.2) is 36.4 Å². The first-order valence-electron chi connectivity index (χ1n) is 10.4. The summed E-state index contributed by atoms with van der Waals surface area (Å²) in [5.41, 5.74) is 1.60. The number of para-hydroxylation sites is 1. The lowest BCUT2D eigenvalue weighted by molar-refractivity contribution is -0.112. The summed E-state index contributed by atoms with van der Waals surface area (Å²) in [5.74, 6) is 1.23. The standard InChI is InChI=1S/C25H24N4O4S/c1-4-7-19-8-5-6-9-21(19)32-12-13-33-22-11-10-18(15-23(22)31-3)14-20(16-26)24(30)27-25-29-28-17(2)34-25/h4-6,8-11,14-15H,1,7,12-13H2,2-3H3,(H,27,29,30). The molecule has 8 nitrogen and oxygen atoms in total. The number of rotatable bonds is 11. The fraction of sp³-hybridized carbons (Fsp3) is 0.200. The first-order valence-corrected chi connectivity index (χ1v) is 11.2. The van der Waals surface area contributed by atoms with Crippen LogP contribution in [0.4, 0.5) is 5.13 Å². The minimum atomic E-state index is -0.563. The zero-order valence-electron chi connectivity index (χ0n) is 18.9. The third-order valence-corrected chi connectivity index (χ3v) is 5.30. The highest BCUT2D eigenvalue weighted by Gasteiger charge is 2.13. The van der Waals surface area contributed by atoms with Gasteiger partial charge in [-0.2, -0.15) is 5.26 Å². The zero-order chi connectivity index (χ0) is 24.3. The van der Waals surface area contributed by atoms with Crippen molar-refractivity contribution in [3.8, 4) is 23.3 Å². The molecule has 0 saturated heterocycles. The molecule has 1 aromatic heterocycles. The van der Waals surface area contributed by atoms with E-state index in [9.17, 15) is 10.1 Å². The van der Waals surface area contributed by atoms with Crippen LogP contribution in [-0.2, 0) is 11.2 Å². The first kappa shape index (κ1) is 24.5. The van der Waals surface area contributed by atoms with E-state index in [4.69, 9.17) is 14.2 Å². The quantitative estimate of drug-likeness (QED) is 0.187. The summed E-state index contributed by atoms with van der Waals surface area (Å²) in [4.78, 5) is 12.4. The van der Waals surface area contributed by atoms with Gasteiger partial charge in [0, 0.05) is 0 Å². The molecular formula is C25H24N4O4S. The van der Waals surface area contributed by atoms with Gasteiger partial charge in [0.2, 0.25) is 5.13 Å². The summed E-state index contributed by atoms with van der Waals surface area (Å²) in [5, 5.41) is 20.7. The van der Waals surface area contributed by atoms with Gasteiger partial charge >= 0.3 is 0 Å². The van der Waals surface area contributed by atoms with Crippen LogP contribution in [0.3, 0.4) is 0 Å². The number of hydrogen-bond donors (Lipinski definition) is 1. The second-order valence-corrected chi connectivity index (χ2v) is 8.14. The zero-order valence-corrected chi connectivity index (χ0v) is 19.7. The number of hydrogen-bond acceptors (Lipinski definition) is 8. The molecule has 1 amide bonds. The maximum absolute atomic E-state index is 12.4. The summed E-state index contributed by atoms with van der Waals surface area (Å²) in [6.45, 7) is 6.20. The topological polar surface area (TPSA) is 106 Å². The van der Waals surface area contributed by atoms with Crippen LogP contribution in [0.1, 0.15) is 16.1 Å². The smallest absolute Gasteiger partial charge is 0.268 e. The molecule has 3 rings (SSSR count). The van der Waals surface area contributed by atoms with Gasteiger partial charge in [-0.1, -0.05) is 41.7 Å². The van der Waals surface area contributed by atoms with Crippen molar-refractivity contribution >= 4 is 28.5 Å². The lowest BCUT2D eigenvalue weighted by Crippen LogP contribution is -2.13. The maximum atomic E-state index is 12.4. The molecule has 0 aliphatic carbocycles. The Balaban J connectivity index is 1.62. The Kier molecular flexibility index (Phi) is 8.77. The van der Waals surface area contributed by atoms with E-state index in [1.54, 1.807) is 25.1 Å². The third-order valence-electron chi connectivity index (χ3n) is 4.55. The minimum Gasteiger partial charge on any atom is -0.493 e. The van der Waals surface area contributed by atoms with E-state index >= 15 is 0 Å². The number of carbonyl (C=O) groups is 1. The number of nitrogens with one attached hydrogen (secondary N) is 1. The molecule has 0 fully saturated rings. The van der Waals surface area contributed by atoms with Crippen LogP contribution in [0.15, 0.2) is 60.7 Å². The van der Waals surface area contributed by atoms with Crippen LogP contribution in [0.2, 0.25) is 0 Å². The molecule has 0 bridgehead atoms. The third kappa shape index (κ3) is 6.67. The number of anilines is 1. The van der Waals surface area contributed by atoms with Gasteiger partial charge in [-0.3, -0.25) is 10.1 Å². The van der Waals surface area contributed by atoms with E-state index < -0.39 is 5.91 Å². The number of aryl methyl sites for hydroxylation is 1. The minimum absolute atomic E-state index is 0.0739. The molecule has 3 aromatic rings. The molecule has 1 heterocycles. The summed E-state index contributed by atoms with van der Waals surface area (Å²) >= 11 is 1.23. The van der Waals surface area contributed by atoms with Crippen LogP contribution in [0.25, 0.3) is 6.08 Å². The van der Waals surface area contributed by atoms with Crippen molar-refractivity contribution in [1.82, 2.24) is 10.2 Å². The monoisotopic (exact) mass is 476 g/mol. The number of nitrogens with zero attached hydrogens (tertiary/aromatic N) is 3. The maximum Gasteiger partial charge on any atom is 0.268 e. The number of carbonyl (C=O) groups excluding carboxylic acids is 1. The number of aromatic nitrogens is 2. The molecule has 1 N–H and O–H groups in total. The molecule has 0 spiro atoms. The normalized spacial score (nSPS) is 10.8. The Labute approximate surface area is 202 Å². The first-order chi connectivity index (χ1) is 16.5. The predicted molar refractivity (Wildman–Crippen MR) is 131 cm³/mol. The Morgan fingerprint density at radius 2 is 1.91 bits per heavy atom. The van der Waals surface area contributed by atoms with Crippen molar-refractivity contribution in [2.24, 2.45) is 0 Å². The van der Waals surface area contributed by atoms with E-state index in [-0.39, 0.29) is 5.57 Å². The summed E-state index contributed by atoms with van der Waals surface area (Å²) < 4.78 is 17.1. The second kappa shape index (κ2) is 12.2. The van der Waals surface area contributed by atoms with Crippen LogP contribution < -0.4 is 19.5 Å². The number of nitriles is 1. The number of amides is 1. The van der Waals surface area contributed by atoms with Crippen LogP contribution in [0, 0.1) is 18.3 Å². The molecular weight excluding hydrogens is 452 g/mol. The van der Waals surface area contributed by atoms with Gasteiger partial charge in [-0.15, -0.1) is 16.8 Å². The van der Waals surface area contributed by atoms with Crippen molar-refractivity contribution in [1.29, 1.82) is 5.26 Å². The molecule has 9 heteroatoms. The molecule has 0 saturated carbocycles. The molecule has 174 valence electrons. The fourth-order valence-corrected chi connectivity index (χ4v) is 3.58. The number of allylic oxidation sites excluding steroid dienone is 1. The highest BCUT2D eigenvalue weighted by molar-refractivity contribution is 7.15. The molecule has 0 aliphatic heterocycles. The van der Waals surface area contributed by atoms with E-state index in [2.05, 4.69) is 22.1 Å². The second-order valence-electron chi connectivity index (χ2n) is 6.96. The van der Waals surface area contributed by atoms with Crippen molar-refractivity contribution in [2.75, 3.05) is 25.6 Å². The van der Waals surface area contributed by atoms with Gasteiger partial charge < -0.3 is 14.2 Å². The van der Waals surface area contributed by atoms with E-state index in [1.165, 1.54) is 24.5 Å². The number of benzene rings is 2. The average molecular weight is 477 g/mol. The summed E-state index contributed by atoms with van der Waals surface area (Å²) in [6.07, 6.45) is 4.02. The van der Waals surface area contributed by atoms with Gasteiger partial charge in [0.25, 0.3) is 5.91 Å². The Morgan fingerprint density at radius 3 is 2.59 bits per heavy atom. The fourth-order valence-electron chi connectivity index (χ4n) is 2.99. The molecule has 0 aliphatic rings. The van der Waals surface area contributed by atoms with Gasteiger partial charge in [0.05, 0.1) is 7.11 Å².